The highest BCUT2D eigenvalue weighted by Gasteiger charge is 2.65. The van der Waals surface area contributed by atoms with Crippen molar-refractivity contribution in [1.29, 1.82) is 0 Å². The average Bonchev–Trinajstić information content (AvgIpc) is 2.26. The van der Waals surface area contributed by atoms with Crippen LogP contribution in [0.4, 0.5) is 22.0 Å². The third kappa shape index (κ3) is 2.57. The summed E-state index contributed by atoms with van der Waals surface area (Å²) in [4.78, 5) is 12.0. The summed E-state index contributed by atoms with van der Waals surface area (Å²) in [5.41, 5.74) is 5.33. The van der Waals surface area contributed by atoms with E-state index in [0.717, 1.165) is 0 Å². The van der Waals surface area contributed by atoms with Gasteiger partial charge in [-0.1, -0.05) is 0 Å². The van der Waals surface area contributed by atoms with Gasteiger partial charge >= 0.3 is 18.0 Å². The van der Waals surface area contributed by atoms with Crippen molar-refractivity contribution in [3.05, 3.63) is 0 Å². The van der Waals surface area contributed by atoms with E-state index in [9.17, 15) is 26.7 Å². The maximum Gasteiger partial charge on any atom is 0.463 e. The van der Waals surface area contributed by atoms with E-state index in [1.807, 2.05) is 0 Å². The zero-order valence-electron chi connectivity index (χ0n) is 9.81. The van der Waals surface area contributed by atoms with Crippen molar-refractivity contribution in [3.63, 3.8) is 0 Å². The van der Waals surface area contributed by atoms with Gasteiger partial charge < -0.3 is 10.6 Å². The normalized spacial score (nSPS) is 26.3. The lowest BCUT2D eigenvalue weighted by Gasteiger charge is -2.41. The quantitative estimate of drug-likeness (QED) is 0.782. The molecule has 0 aromatic heterocycles. The molecule has 0 aromatic rings. The second-order valence-corrected chi connectivity index (χ2v) is 4.45. The molecule has 1 saturated heterocycles. The SMILES string of the molecule is CC1CCCC(CN)N1C(=O)C(F)(F)C(F)(F)F. The van der Waals surface area contributed by atoms with Crippen LogP contribution in [0.2, 0.25) is 0 Å². The van der Waals surface area contributed by atoms with Crippen LogP contribution in [0, 0.1) is 0 Å². The molecule has 18 heavy (non-hydrogen) atoms. The molecule has 2 N–H and O–H groups in total. The van der Waals surface area contributed by atoms with Crippen LogP contribution in [0.25, 0.3) is 0 Å². The number of amides is 1. The van der Waals surface area contributed by atoms with Crippen LogP contribution >= 0.6 is 0 Å². The summed E-state index contributed by atoms with van der Waals surface area (Å²) >= 11 is 0. The molecule has 0 saturated carbocycles. The molecule has 3 nitrogen and oxygen atoms in total. The molecular formula is C10H15F5N2O. The highest BCUT2D eigenvalue weighted by molar-refractivity contribution is 5.85. The molecule has 0 aromatic carbocycles. The summed E-state index contributed by atoms with van der Waals surface area (Å²) in [5, 5.41) is 0. The molecule has 1 aliphatic rings. The van der Waals surface area contributed by atoms with E-state index in [2.05, 4.69) is 0 Å². The zero-order valence-corrected chi connectivity index (χ0v) is 9.81. The Morgan fingerprint density at radius 1 is 1.28 bits per heavy atom. The van der Waals surface area contributed by atoms with Gasteiger partial charge in [-0.25, -0.2) is 0 Å². The minimum atomic E-state index is -5.87. The summed E-state index contributed by atoms with van der Waals surface area (Å²) in [7, 11) is 0. The Morgan fingerprint density at radius 2 is 1.83 bits per heavy atom. The first-order valence-electron chi connectivity index (χ1n) is 5.60. The molecule has 2 unspecified atom stereocenters. The molecule has 2 atom stereocenters. The van der Waals surface area contributed by atoms with E-state index in [1.165, 1.54) is 6.92 Å². The van der Waals surface area contributed by atoms with E-state index < -0.39 is 30.1 Å². The minimum absolute atomic E-state index is 0.121. The number of piperidine rings is 1. The monoisotopic (exact) mass is 274 g/mol. The zero-order chi connectivity index (χ0) is 14.1. The molecule has 0 spiro atoms. The van der Waals surface area contributed by atoms with Crippen molar-refractivity contribution >= 4 is 5.91 Å². The van der Waals surface area contributed by atoms with Crippen LogP contribution in [0.15, 0.2) is 0 Å². The van der Waals surface area contributed by atoms with Crippen LogP contribution in [0.1, 0.15) is 26.2 Å². The van der Waals surface area contributed by atoms with Crippen molar-refractivity contribution in [2.75, 3.05) is 6.54 Å². The summed E-state index contributed by atoms with van der Waals surface area (Å²) in [6, 6.07) is -1.41. The maximum absolute atomic E-state index is 13.0. The molecule has 106 valence electrons. The van der Waals surface area contributed by atoms with Crippen LogP contribution in [-0.4, -0.2) is 41.5 Å². The number of rotatable bonds is 2. The predicted octanol–water partition coefficient (Wildman–Crippen LogP) is 1.91. The average molecular weight is 274 g/mol. The van der Waals surface area contributed by atoms with Gasteiger partial charge in [-0.15, -0.1) is 0 Å². The number of hydrogen-bond donors (Lipinski definition) is 1. The smallest absolute Gasteiger partial charge is 0.330 e. The summed E-state index contributed by atoms with van der Waals surface area (Å²) in [6.07, 6.45) is -4.47. The van der Waals surface area contributed by atoms with E-state index in [1.54, 1.807) is 0 Å². The Bertz CT molecular complexity index is 318. The predicted molar refractivity (Wildman–Crippen MR) is 54.0 cm³/mol. The highest BCUT2D eigenvalue weighted by Crippen LogP contribution is 2.39. The number of carbonyl (C=O) groups is 1. The minimum Gasteiger partial charge on any atom is -0.330 e. The summed E-state index contributed by atoms with van der Waals surface area (Å²) in [5.74, 6) is -7.55. The van der Waals surface area contributed by atoms with Gasteiger partial charge in [0.15, 0.2) is 0 Å². The van der Waals surface area contributed by atoms with Gasteiger partial charge in [-0.05, 0) is 26.2 Å². The standard InChI is InChI=1S/C10H15F5N2O/c1-6-3-2-4-7(5-16)17(6)8(18)9(11,12)10(13,14)15/h6-7H,2-5,16H2,1H3. The first kappa shape index (κ1) is 15.1. The molecule has 0 radical (unpaired) electrons. The molecule has 1 rings (SSSR count). The maximum atomic E-state index is 13.0. The number of hydrogen-bond acceptors (Lipinski definition) is 2. The van der Waals surface area contributed by atoms with Crippen LogP contribution < -0.4 is 5.73 Å². The second kappa shape index (κ2) is 4.99. The number of nitrogens with zero attached hydrogens (tertiary/aromatic N) is 1. The van der Waals surface area contributed by atoms with Crippen molar-refractivity contribution in [2.24, 2.45) is 5.73 Å². The first-order valence-corrected chi connectivity index (χ1v) is 5.60. The number of halogens is 5. The van der Waals surface area contributed by atoms with Crippen LogP contribution in [-0.2, 0) is 4.79 Å². The van der Waals surface area contributed by atoms with E-state index >= 15 is 0 Å². The Morgan fingerprint density at radius 3 is 2.28 bits per heavy atom. The lowest BCUT2D eigenvalue weighted by atomic mass is 9.95. The van der Waals surface area contributed by atoms with Crippen LogP contribution in [0.5, 0.6) is 0 Å². The fourth-order valence-electron chi connectivity index (χ4n) is 2.17. The molecule has 1 aliphatic heterocycles. The highest BCUT2D eigenvalue weighted by atomic mass is 19.4. The van der Waals surface area contributed by atoms with Gasteiger partial charge in [-0.2, -0.15) is 22.0 Å². The molecule has 1 heterocycles. The van der Waals surface area contributed by atoms with Gasteiger partial charge in [0.25, 0.3) is 0 Å². The van der Waals surface area contributed by atoms with Gasteiger partial charge in [0, 0.05) is 18.6 Å². The lowest BCUT2D eigenvalue weighted by molar-refractivity contribution is -0.276. The van der Waals surface area contributed by atoms with Crippen molar-refractivity contribution in [1.82, 2.24) is 4.90 Å². The number of nitrogens with two attached hydrogens (primary N) is 1. The van der Waals surface area contributed by atoms with Gasteiger partial charge in [-0.3, -0.25) is 4.79 Å². The Kier molecular flexibility index (Phi) is 4.19. The van der Waals surface area contributed by atoms with Crippen LogP contribution in [0.3, 0.4) is 0 Å². The molecule has 0 bridgehead atoms. The number of likely N-dealkylation sites (tertiary alicyclic amines) is 1. The lowest BCUT2D eigenvalue weighted by Crippen LogP contribution is -2.60. The second-order valence-electron chi connectivity index (χ2n) is 4.45. The van der Waals surface area contributed by atoms with Gasteiger partial charge in [0.1, 0.15) is 0 Å². The Hall–Kier alpha value is -0.920. The Balaban J connectivity index is 2.99. The summed E-state index contributed by atoms with van der Waals surface area (Å²) < 4.78 is 62.6. The molecular weight excluding hydrogens is 259 g/mol. The fourth-order valence-corrected chi connectivity index (χ4v) is 2.17. The van der Waals surface area contributed by atoms with Gasteiger partial charge in [0.05, 0.1) is 0 Å². The van der Waals surface area contributed by atoms with E-state index in [4.69, 9.17) is 5.73 Å². The van der Waals surface area contributed by atoms with Crippen molar-refractivity contribution < 1.29 is 26.7 Å². The van der Waals surface area contributed by atoms with E-state index in [0.29, 0.717) is 24.2 Å². The first-order chi connectivity index (χ1) is 8.13. The third-order valence-electron chi connectivity index (χ3n) is 3.16. The third-order valence-corrected chi connectivity index (χ3v) is 3.16. The number of alkyl halides is 5. The van der Waals surface area contributed by atoms with Crippen molar-refractivity contribution in [2.45, 2.75) is 50.4 Å². The topological polar surface area (TPSA) is 46.3 Å². The fraction of sp³-hybridized carbons (Fsp3) is 0.900. The summed E-state index contributed by atoms with van der Waals surface area (Å²) in [6.45, 7) is 1.33. The largest absolute Gasteiger partial charge is 0.463 e. The molecule has 1 amide bonds. The number of carbonyl (C=O) groups excluding carboxylic acids is 1. The Labute approximate surface area is 101 Å². The molecule has 8 heteroatoms. The molecule has 0 aliphatic carbocycles. The molecule has 1 fully saturated rings. The van der Waals surface area contributed by atoms with E-state index in [-0.39, 0.29) is 6.54 Å². The van der Waals surface area contributed by atoms with Gasteiger partial charge in [0.2, 0.25) is 0 Å². The van der Waals surface area contributed by atoms with Crippen molar-refractivity contribution in [3.8, 4) is 0 Å².